The third-order valence-electron chi connectivity index (χ3n) is 7.48. The van der Waals surface area contributed by atoms with Gasteiger partial charge in [-0.25, -0.2) is 14.8 Å². The predicted molar refractivity (Wildman–Crippen MR) is 136 cm³/mol. The zero-order chi connectivity index (χ0) is 25.7. The Morgan fingerprint density at radius 1 is 1.22 bits per heavy atom. The first-order chi connectivity index (χ1) is 17.9. The summed E-state index contributed by atoms with van der Waals surface area (Å²) in [4.78, 5) is 37.7. The maximum absolute atomic E-state index is 12.7. The minimum Gasteiger partial charge on any atom is -0.478 e. The molecule has 3 aliphatic heterocycles. The Morgan fingerprint density at radius 2 is 2.03 bits per heavy atom. The van der Waals surface area contributed by atoms with Gasteiger partial charge in [-0.1, -0.05) is 0 Å². The van der Waals surface area contributed by atoms with Crippen LogP contribution in [0.1, 0.15) is 61.1 Å². The molecule has 12 heteroatoms. The van der Waals surface area contributed by atoms with Gasteiger partial charge in [-0.3, -0.25) is 9.69 Å². The fraction of sp³-hybridized carbons (Fsp3) is 0.560. The van der Waals surface area contributed by atoms with Crippen molar-refractivity contribution >= 4 is 40.2 Å². The number of aliphatic hydroxyl groups is 1. The molecule has 1 aliphatic carbocycles. The molecule has 0 bridgehead atoms. The number of hydrogen-bond acceptors (Lipinski definition) is 10. The molecule has 2 atom stereocenters. The molecule has 37 heavy (non-hydrogen) atoms. The van der Waals surface area contributed by atoms with Crippen LogP contribution in [0.25, 0.3) is 0 Å². The van der Waals surface area contributed by atoms with E-state index < -0.39 is 12.1 Å². The van der Waals surface area contributed by atoms with Crippen LogP contribution < -0.4 is 15.1 Å². The lowest BCUT2D eigenvalue weighted by atomic mass is 9.94. The van der Waals surface area contributed by atoms with Crippen molar-refractivity contribution in [1.29, 1.82) is 0 Å². The van der Waals surface area contributed by atoms with Gasteiger partial charge in [-0.15, -0.1) is 0 Å². The lowest BCUT2D eigenvalue weighted by Crippen LogP contribution is -2.55. The SMILES string of the molecule is Cc1cc(N2CC(C(=O)NCC3CCCCO3)C2)nc2c1C(O)C(C(=O)O)=CN2c1nc(C2CC2)ns1. The molecule has 3 fully saturated rings. The normalized spacial score (nSPS) is 23.8. The molecule has 2 aromatic heterocycles. The van der Waals surface area contributed by atoms with Crippen LogP contribution in [0.5, 0.6) is 0 Å². The lowest BCUT2D eigenvalue weighted by molar-refractivity contribution is -0.134. The Hall–Kier alpha value is -3.09. The van der Waals surface area contributed by atoms with Crippen LogP contribution in [0.15, 0.2) is 17.8 Å². The average molecular weight is 527 g/mol. The van der Waals surface area contributed by atoms with Crippen molar-refractivity contribution in [1.82, 2.24) is 19.7 Å². The number of aliphatic hydroxyl groups excluding tert-OH is 1. The summed E-state index contributed by atoms with van der Waals surface area (Å²) in [7, 11) is 0. The van der Waals surface area contributed by atoms with E-state index in [1.165, 1.54) is 17.7 Å². The highest BCUT2D eigenvalue weighted by molar-refractivity contribution is 7.09. The van der Waals surface area contributed by atoms with E-state index in [0.29, 0.717) is 47.9 Å². The number of pyridine rings is 1. The third-order valence-corrected chi connectivity index (χ3v) is 8.21. The van der Waals surface area contributed by atoms with Crippen LogP contribution >= 0.6 is 11.5 Å². The number of fused-ring (bicyclic) bond motifs is 1. The van der Waals surface area contributed by atoms with Crippen LogP contribution in [0, 0.1) is 12.8 Å². The van der Waals surface area contributed by atoms with Crippen molar-refractivity contribution in [2.45, 2.75) is 57.2 Å². The van der Waals surface area contributed by atoms with E-state index in [1.54, 1.807) is 4.90 Å². The van der Waals surface area contributed by atoms with E-state index >= 15 is 0 Å². The van der Waals surface area contributed by atoms with Gasteiger partial charge in [0.15, 0.2) is 0 Å². The van der Waals surface area contributed by atoms with Crippen LogP contribution in [-0.4, -0.2) is 68.8 Å². The number of nitrogens with one attached hydrogen (secondary N) is 1. The summed E-state index contributed by atoms with van der Waals surface area (Å²) in [6.45, 7) is 4.20. The van der Waals surface area contributed by atoms with Gasteiger partial charge in [0.25, 0.3) is 0 Å². The summed E-state index contributed by atoms with van der Waals surface area (Å²) < 4.78 is 10.2. The van der Waals surface area contributed by atoms with Gasteiger partial charge in [0.1, 0.15) is 23.6 Å². The molecule has 6 rings (SSSR count). The molecule has 1 saturated carbocycles. The first kappa shape index (κ1) is 24.3. The topological polar surface area (TPSA) is 141 Å². The molecule has 0 aromatic carbocycles. The van der Waals surface area contributed by atoms with Gasteiger partial charge in [0.2, 0.25) is 11.0 Å². The fourth-order valence-electron chi connectivity index (χ4n) is 5.07. The van der Waals surface area contributed by atoms with Gasteiger partial charge in [-0.05, 0) is 50.7 Å². The van der Waals surface area contributed by atoms with Crippen molar-refractivity contribution in [3.63, 3.8) is 0 Å². The second-order valence-corrected chi connectivity index (χ2v) is 11.0. The van der Waals surface area contributed by atoms with Gasteiger partial charge in [0, 0.05) is 55.5 Å². The molecular formula is C25H30N6O5S. The molecule has 2 saturated heterocycles. The number of aliphatic carboxylic acids is 1. The van der Waals surface area contributed by atoms with E-state index in [1.807, 2.05) is 17.9 Å². The number of carbonyl (C=O) groups is 2. The summed E-state index contributed by atoms with van der Waals surface area (Å²) in [5, 5.41) is 24.2. The number of carboxylic acid groups (broad SMARTS) is 1. The average Bonchev–Trinajstić information content (AvgIpc) is 3.59. The molecule has 4 aliphatic rings. The van der Waals surface area contributed by atoms with Crippen molar-refractivity contribution in [2.75, 3.05) is 36.0 Å². The van der Waals surface area contributed by atoms with E-state index in [0.717, 1.165) is 50.1 Å². The van der Waals surface area contributed by atoms with E-state index in [-0.39, 0.29) is 23.5 Å². The quantitative estimate of drug-likeness (QED) is 0.492. The smallest absolute Gasteiger partial charge is 0.336 e. The molecule has 2 unspecified atom stereocenters. The maximum atomic E-state index is 12.7. The summed E-state index contributed by atoms with van der Waals surface area (Å²) in [5.74, 6) is 0.923. The zero-order valence-electron chi connectivity index (χ0n) is 20.6. The van der Waals surface area contributed by atoms with Crippen molar-refractivity contribution in [3.05, 3.63) is 34.8 Å². The Bertz CT molecular complexity index is 1250. The number of aromatic nitrogens is 3. The Balaban J connectivity index is 1.21. The van der Waals surface area contributed by atoms with Crippen molar-refractivity contribution in [3.8, 4) is 0 Å². The zero-order valence-corrected chi connectivity index (χ0v) is 21.4. The number of carbonyl (C=O) groups excluding carboxylic acids is 1. The van der Waals surface area contributed by atoms with Crippen LogP contribution in [-0.2, 0) is 14.3 Å². The largest absolute Gasteiger partial charge is 0.478 e. The summed E-state index contributed by atoms with van der Waals surface area (Å²) in [5.41, 5.74) is 1.02. The highest BCUT2D eigenvalue weighted by Gasteiger charge is 2.38. The molecule has 11 nitrogen and oxygen atoms in total. The van der Waals surface area contributed by atoms with Crippen LogP contribution in [0.3, 0.4) is 0 Å². The molecule has 5 heterocycles. The predicted octanol–water partition coefficient (Wildman–Crippen LogP) is 2.39. The summed E-state index contributed by atoms with van der Waals surface area (Å²) in [6, 6.07) is 1.84. The number of aryl methyl sites for hydroxylation is 1. The Kier molecular flexibility index (Phi) is 6.33. The molecular weight excluding hydrogens is 496 g/mol. The lowest BCUT2D eigenvalue weighted by Gasteiger charge is -2.40. The minimum absolute atomic E-state index is 0.0210. The van der Waals surface area contributed by atoms with E-state index in [9.17, 15) is 19.8 Å². The van der Waals surface area contributed by atoms with Gasteiger partial charge in [-0.2, -0.15) is 4.37 Å². The van der Waals surface area contributed by atoms with Crippen molar-refractivity contribution in [2.24, 2.45) is 5.92 Å². The van der Waals surface area contributed by atoms with Crippen LogP contribution in [0.2, 0.25) is 0 Å². The van der Waals surface area contributed by atoms with Crippen molar-refractivity contribution < 1.29 is 24.5 Å². The summed E-state index contributed by atoms with van der Waals surface area (Å²) in [6.07, 6.45) is 5.49. The molecule has 1 amide bonds. The first-order valence-corrected chi connectivity index (χ1v) is 13.6. The third kappa shape index (κ3) is 4.69. The number of rotatable bonds is 7. The second-order valence-electron chi connectivity index (χ2n) is 10.2. The standard InChI is InChI=1S/C25H30N6O5S/c1-13-8-18(30-10-15(11-30)23(33)26-9-16-4-2-3-7-36-16)27-22-19(13)20(32)17(24(34)35)12-31(22)25-28-21(29-37-25)14-5-6-14/h8,12,14-16,20,32H,2-7,9-11H2,1H3,(H,26,33)(H,34,35). The number of carboxylic acids is 1. The molecule has 3 N–H and O–H groups in total. The highest BCUT2D eigenvalue weighted by Crippen LogP contribution is 2.45. The monoisotopic (exact) mass is 526 g/mol. The fourth-order valence-corrected chi connectivity index (χ4v) is 5.79. The number of ether oxygens (including phenoxy) is 1. The maximum Gasteiger partial charge on any atom is 0.336 e. The first-order valence-electron chi connectivity index (χ1n) is 12.8. The number of amides is 1. The number of nitrogens with zero attached hydrogens (tertiary/aromatic N) is 5. The van der Waals surface area contributed by atoms with E-state index in [2.05, 4.69) is 14.7 Å². The number of hydrogen-bond donors (Lipinski definition) is 3. The van der Waals surface area contributed by atoms with E-state index in [4.69, 9.17) is 9.72 Å². The Labute approximate surface area is 218 Å². The summed E-state index contributed by atoms with van der Waals surface area (Å²) >= 11 is 1.19. The molecule has 0 radical (unpaired) electrons. The molecule has 196 valence electrons. The van der Waals surface area contributed by atoms with Gasteiger partial charge in [0.05, 0.1) is 17.6 Å². The van der Waals surface area contributed by atoms with Crippen LogP contribution in [0.4, 0.5) is 16.8 Å². The number of anilines is 3. The second kappa shape index (κ2) is 9.66. The van der Waals surface area contributed by atoms with Gasteiger partial charge >= 0.3 is 5.97 Å². The highest BCUT2D eigenvalue weighted by atomic mass is 32.1. The van der Waals surface area contributed by atoms with Gasteiger partial charge < -0.3 is 25.2 Å². The molecule has 0 spiro atoms. The molecule has 2 aromatic rings. The Morgan fingerprint density at radius 3 is 2.73 bits per heavy atom. The minimum atomic E-state index is -1.31.